The Morgan fingerprint density at radius 2 is 1.90 bits per heavy atom. The highest BCUT2D eigenvalue weighted by molar-refractivity contribution is 7.15. The Hall–Kier alpha value is -2.20. The summed E-state index contributed by atoms with van der Waals surface area (Å²) in [6.45, 7) is 3.80. The Balaban J connectivity index is 2.39. The van der Waals surface area contributed by atoms with Crippen LogP contribution in [-0.2, 0) is 0 Å². The van der Waals surface area contributed by atoms with Crippen molar-refractivity contribution in [2.75, 3.05) is 0 Å². The van der Waals surface area contributed by atoms with Crippen LogP contribution < -0.4 is 5.11 Å². The van der Waals surface area contributed by atoms with Crippen molar-refractivity contribution in [2.24, 2.45) is 0 Å². The van der Waals surface area contributed by atoms with Crippen molar-refractivity contribution >= 4 is 28.2 Å². The number of carboxylic acid groups (broad SMARTS) is 1. The van der Waals surface area contributed by atoms with Gasteiger partial charge >= 0.3 is 0 Å². The number of pyridine rings is 1. The number of benzene rings is 1. The number of fused-ring (bicyclic) bond motifs is 1. The smallest absolute Gasteiger partial charge is 0.0845 e. The van der Waals surface area contributed by atoms with Gasteiger partial charge in [-0.2, -0.15) is 0 Å². The normalized spacial score (nSPS) is 10.9. The molecule has 0 aliphatic rings. The molecule has 1 aromatic carbocycles. The summed E-state index contributed by atoms with van der Waals surface area (Å²) in [5.41, 5.74) is 2.29. The highest BCUT2D eigenvalue weighted by Gasteiger charge is 2.14. The fourth-order valence-electron chi connectivity index (χ4n) is 2.37. The van der Waals surface area contributed by atoms with E-state index in [-0.39, 0.29) is 5.56 Å². The van der Waals surface area contributed by atoms with E-state index in [4.69, 9.17) is 0 Å². The molecule has 0 aliphatic carbocycles. The van der Waals surface area contributed by atoms with E-state index in [1.807, 2.05) is 37.3 Å². The summed E-state index contributed by atoms with van der Waals surface area (Å²) in [6.07, 6.45) is 0. The third kappa shape index (κ3) is 1.98. The number of hydrogen-bond donors (Lipinski definition) is 0. The van der Waals surface area contributed by atoms with Crippen LogP contribution in [0.15, 0.2) is 36.4 Å². The lowest BCUT2D eigenvalue weighted by molar-refractivity contribution is -0.254. The van der Waals surface area contributed by atoms with Crippen LogP contribution in [0.4, 0.5) is 0 Å². The van der Waals surface area contributed by atoms with E-state index < -0.39 is 5.97 Å². The van der Waals surface area contributed by atoms with Gasteiger partial charge in [0.25, 0.3) is 0 Å². The van der Waals surface area contributed by atoms with Gasteiger partial charge in [-0.05, 0) is 37.6 Å². The van der Waals surface area contributed by atoms with E-state index in [1.165, 1.54) is 4.88 Å². The van der Waals surface area contributed by atoms with Crippen molar-refractivity contribution in [1.29, 1.82) is 0 Å². The minimum absolute atomic E-state index is 0.233. The summed E-state index contributed by atoms with van der Waals surface area (Å²) in [6, 6.07) is 11.2. The first kappa shape index (κ1) is 12.8. The van der Waals surface area contributed by atoms with E-state index in [2.05, 4.69) is 4.98 Å². The van der Waals surface area contributed by atoms with Crippen LogP contribution in [0, 0.1) is 13.8 Å². The molecule has 0 atom stereocenters. The molecule has 3 rings (SSSR count). The van der Waals surface area contributed by atoms with Crippen LogP contribution in [0.25, 0.3) is 21.5 Å². The second kappa shape index (κ2) is 4.72. The lowest BCUT2D eigenvalue weighted by Gasteiger charge is -2.14. The first-order valence-electron chi connectivity index (χ1n) is 6.25. The quantitative estimate of drug-likeness (QED) is 0.726. The maximum absolute atomic E-state index is 11.5. The number of aromatic carboxylic acids is 1. The van der Waals surface area contributed by atoms with E-state index in [9.17, 15) is 9.90 Å². The summed E-state index contributed by atoms with van der Waals surface area (Å²) in [7, 11) is 0. The van der Waals surface area contributed by atoms with Gasteiger partial charge in [0.2, 0.25) is 0 Å². The van der Waals surface area contributed by atoms with Gasteiger partial charge in [-0.3, -0.25) is 0 Å². The SMILES string of the molecule is Cc1ccc(-c2nc3ccccc3c(C(=O)[O-])c2C)s1. The molecule has 3 aromatic rings. The van der Waals surface area contributed by atoms with Crippen molar-refractivity contribution in [3.8, 4) is 10.6 Å². The van der Waals surface area contributed by atoms with Crippen LogP contribution in [-0.4, -0.2) is 11.0 Å². The third-order valence-electron chi connectivity index (χ3n) is 3.31. The van der Waals surface area contributed by atoms with E-state index in [1.54, 1.807) is 24.3 Å². The molecule has 0 fully saturated rings. The fourth-order valence-corrected chi connectivity index (χ4v) is 3.29. The van der Waals surface area contributed by atoms with Crippen molar-refractivity contribution in [3.63, 3.8) is 0 Å². The molecule has 20 heavy (non-hydrogen) atoms. The van der Waals surface area contributed by atoms with Gasteiger partial charge < -0.3 is 9.90 Å². The molecule has 0 aliphatic heterocycles. The molecule has 0 unspecified atom stereocenters. The number of aryl methyl sites for hydroxylation is 1. The monoisotopic (exact) mass is 282 g/mol. The minimum Gasteiger partial charge on any atom is -0.545 e. The summed E-state index contributed by atoms with van der Waals surface area (Å²) < 4.78 is 0. The zero-order chi connectivity index (χ0) is 14.3. The Bertz CT molecular complexity index is 820. The summed E-state index contributed by atoms with van der Waals surface area (Å²) in [5, 5.41) is 12.1. The van der Waals surface area contributed by atoms with Gasteiger partial charge in [0.15, 0.2) is 0 Å². The second-order valence-electron chi connectivity index (χ2n) is 4.68. The molecule has 0 saturated carbocycles. The number of rotatable bonds is 2. The van der Waals surface area contributed by atoms with Crippen molar-refractivity contribution < 1.29 is 9.90 Å². The number of carboxylic acids is 1. The Labute approximate surface area is 120 Å². The second-order valence-corrected chi connectivity index (χ2v) is 5.96. The maximum atomic E-state index is 11.5. The number of thiophene rings is 1. The predicted molar refractivity (Wildman–Crippen MR) is 78.9 cm³/mol. The van der Waals surface area contributed by atoms with Crippen molar-refractivity contribution in [1.82, 2.24) is 4.98 Å². The molecule has 2 heterocycles. The van der Waals surface area contributed by atoms with Crippen molar-refractivity contribution in [3.05, 3.63) is 52.4 Å². The zero-order valence-corrected chi connectivity index (χ0v) is 12.0. The van der Waals surface area contributed by atoms with Gasteiger partial charge in [0, 0.05) is 15.8 Å². The largest absolute Gasteiger partial charge is 0.545 e. The minimum atomic E-state index is -1.16. The molecule has 4 heteroatoms. The number of carbonyl (C=O) groups is 1. The Morgan fingerprint density at radius 1 is 1.15 bits per heavy atom. The van der Waals surface area contributed by atoms with E-state index >= 15 is 0 Å². The number of aromatic nitrogens is 1. The van der Waals surface area contributed by atoms with Gasteiger partial charge in [0.1, 0.15) is 0 Å². The summed E-state index contributed by atoms with van der Waals surface area (Å²) >= 11 is 1.61. The van der Waals surface area contributed by atoms with Crippen molar-refractivity contribution in [2.45, 2.75) is 13.8 Å². The maximum Gasteiger partial charge on any atom is 0.0845 e. The molecule has 0 N–H and O–H groups in total. The Morgan fingerprint density at radius 3 is 2.55 bits per heavy atom. The topological polar surface area (TPSA) is 53.0 Å². The average molecular weight is 282 g/mol. The molecule has 2 aromatic heterocycles. The molecule has 3 nitrogen and oxygen atoms in total. The molecular formula is C16H12NO2S-. The lowest BCUT2D eigenvalue weighted by atomic mass is 10.0. The van der Waals surface area contributed by atoms with Crippen LogP contribution >= 0.6 is 11.3 Å². The zero-order valence-electron chi connectivity index (χ0n) is 11.1. The van der Waals surface area contributed by atoms with Crippen LogP contribution in [0.3, 0.4) is 0 Å². The molecule has 0 amide bonds. The van der Waals surface area contributed by atoms with Crippen LogP contribution in [0.1, 0.15) is 20.8 Å². The molecule has 0 saturated heterocycles. The predicted octanol–water partition coefficient (Wildman–Crippen LogP) is 2.94. The van der Waals surface area contributed by atoms with Crippen LogP contribution in [0.2, 0.25) is 0 Å². The van der Waals surface area contributed by atoms with Gasteiger partial charge in [-0.1, -0.05) is 18.2 Å². The highest BCUT2D eigenvalue weighted by atomic mass is 32.1. The lowest BCUT2D eigenvalue weighted by Crippen LogP contribution is -2.24. The first-order chi connectivity index (χ1) is 9.58. The number of para-hydroxylation sites is 1. The van der Waals surface area contributed by atoms with E-state index in [0.717, 1.165) is 10.6 Å². The van der Waals surface area contributed by atoms with Crippen LogP contribution in [0.5, 0.6) is 0 Å². The highest BCUT2D eigenvalue weighted by Crippen LogP contribution is 2.33. The summed E-state index contributed by atoms with van der Waals surface area (Å²) in [4.78, 5) is 18.3. The number of nitrogens with zero attached hydrogens (tertiary/aromatic N) is 1. The molecular weight excluding hydrogens is 270 g/mol. The molecule has 100 valence electrons. The molecule has 0 radical (unpaired) electrons. The van der Waals surface area contributed by atoms with E-state index in [0.29, 0.717) is 16.5 Å². The third-order valence-corrected chi connectivity index (χ3v) is 4.32. The van der Waals surface area contributed by atoms with Gasteiger partial charge in [-0.15, -0.1) is 11.3 Å². The molecule has 0 bridgehead atoms. The molecule has 0 spiro atoms. The fraction of sp³-hybridized carbons (Fsp3) is 0.125. The Kier molecular flexibility index (Phi) is 3.03. The van der Waals surface area contributed by atoms with Gasteiger partial charge in [-0.25, -0.2) is 4.98 Å². The standard InChI is InChI=1S/C16H13NO2S/c1-9-7-8-13(20-9)15-10(2)14(16(18)19)11-5-3-4-6-12(11)17-15/h3-8H,1-2H3,(H,18,19)/p-1. The van der Waals surface area contributed by atoms with Gasteiger partial charge in [0.05, 0.1) is 22.1 Å². The first-order valence-corrected chi connectivity index (χ1v) is 7.07. The summed E-state index contributed by atoms with van der Waals surface area (Å²) in [5.74, 6) is -1.16. The average Bonchev–Trinajstić information content (AvgIpc) is 2.84. The number of hydrogen-bond acceptors (Lipinski definition) is 4. The number of carbonyl (C=O) groups excluding carboxylic acids is 1.